The molecule has 1 N–H and O–H groups in total. The van der Waals surface area contributed by atoms with Crippen molar-refractivity contribution in [2.75, 3.05) is 33.4 Å². The molecule has 1 saturated heterocycles. The summed E-state index contributed by atoms with van der Waals surface area (Å²) in [4.78, 5) is 6.81. The number of alkyl halides is 1. The lowest BCUT2D eigenvalue weighted by molar-refractivity contribution is 0.0300. The van der Waals surface area contributed by atoms with Gasteiger partial charge in [-0.3, -0.25) is 4.98 Å². The second-order valence-corrected chi connectivity index (χ2v) is 10.3. The van der Waals surface area contributed by atoms with E-state index in [4.69, 9.17) is 16.3 Å². The number of ether oxygens (including phenoxy) is 1. The molecule has 0 spiro atoms. The van der Waals surface area contributed by atoms with E-state index in [0.717, 1.165) is 45.3 Å². The van der Waals surface area contributed by atoms with Crippen molar-refractivity contribution in [3.05, 3.63) is 57.4 Å². The van der Waals surface area contributed by atoms with Crippen LogP contribution in [-0.2, 0) is 6.42 Å². The average molecular weight is 491 g/mol. The molecule has 0 unspecified atom stereocenters. The van der Waals surface area contributed by atoms with Crippen molar-refractivity contribution in [3.63, 3.8) is 0 Å². The maximum absolute atomic E-state index is 15.6. The van der Waals surface area contributed by atoms with Gasteiger partial charge >= 0.3 is 0 Å². The summed E-state index contributed by atoms with van der Waals surface area (Å²) < 4.78 is 20.9. The number of aliphatic hydroxyl groups excluding tert-OH is 1. The molecule has 1 aliphatic heterocycles. The summed E-state index contributed by atoms with van der Waals surface area (Å²) in [6.07, 6.45) is 5.32. The number of likely N-dealkylation sites (tertiary alicyclic amines) is 1. The van der Waals surface area contributed by atoms with Crippen LogP contribution in [0.2, 0.25) is 5.02 Å². The Labute approximate surface area is 204 Å². The summed E-state index contributed by atoms with van der Waals surface area (Å²) in [5, 5.41) is 15.6. The van der Waals surface area contributed by atoms with E-state index >= 15 is 4.39 Å². The van der Waals surface area contributed by atoms with Gasteiger partial charge in [-0.05, 0) is 104 Å². The highest BCUT2D eigenvalue weighted by Gasteiger charge is 2.35. The van der Waals surface area contributed by atoms with Gasteiger partial charge in [0.25, 0.3) is 0 Å². The summed E-state index contributed by atoms with van der Waals surface area (Å²) in [5.74, 6) is 0.651. The van der Waals surface area contributed by atoms with Crippen molar-refractivity contribution < 1.29 is 14.2 Å². The van der Waals surface area contributed by atoms with Crippen LogP contribution in [0.15, 0.2) is 41.2 Å². The van der Waals surface area contributed by atoms with Gasteiger partial charge in [-0.15, -0.1) is 0 Å². The smallest absolute Gasteiger partial charge is 0.127 e. The minimum Gasteiger partial charge on any atom is -0.497 e. The Balaban J connectivity index is 1.35. The normalized spacial score (nSPS) is 17.3. The molecule has 3 aromatic rings. The molecule has 1 atom stereocenters. The molecule has 0 saturated carbocycles. The number of piperidine rings is 1. The number of pyridine rings is 1. The number of methoxy groups -OCH3 is 1. The number of thiophene rings is 1. The quantitative estimate of drug-likeness (QED) is 0.354. The van der Waals surface area contributed by atoms with Crippen molar-refractivity contribution in [1.82, 2.24) is 9.88 Å². The summed E-state index contributed by atoms with van der Waals surface area (Å²) >= 11 is 8.14. The van der Waals surface area contributed by atoms with Gasteiger partial charge in [-0.1, -0.05) is 11.6 Å². The van der Waals surface area contributed by atoms with Crippen molar-refractivity contribution in [2.45, 2.75) is 44.7 Å². The lowest BCUT2D eigenvalue weighted by atomic mass is 9.74. The number of halogens is 2. The van der Waals surface area contributed by atoms with Crippen LogP contribution in [0.5, 0.6) is 5.75 Å². The molecule has 1 fully saturated rings. The molecule has 3 heterocycles. The fraction of sp³-hybridized carbons (Fsp3) is 0.500. The first-order chi connectivity index (χ1) is 16.0. The number of fused-ring (bicyclic) bond motifs is 1. The minimum absolute atomic E-state index is 0.0983. The molecule has 33 heavy (non-hydrogen) atoms. The molecule has 2 aromatic heterocycles. The number of aliphatic hydroxyl groups is 1. The molecule has 4 rings (SSSR count). The van der Waals surface area contributed by atoms with E-state index in [9.17, 15) is 5.11 Å². The van der Waals surface area contributed by atoms with Gasteiger partial charge in [-0.2, -0.15) is 11.3 Å². The van der Waals surface area contributed by atoms with Gasteiger partial charge in [0, 0.05) is 23.8 Å². The molecule has 0 radical (unpaired) electrons. The Bertz CT molecular complexity index is 1040. The number of nitrogens with zero attached hydrogens (tertiary/aromatic N) is 2. The molecular weight excluding hydrogens is 459 g/mol. The highest BCUT2D eigenvalue weighted by Crippen LogP contribution is 2.41. The summed E-state index contributed by atoms with van der Waals surface area (Å²) in [6, 6.07) is 7.63. The lowest BCUT2D eigenvalue weighted by Crippen LogP contribution is -2.42. The second kappa shape index (κ2) is 11.1. The third-order valence-corrected chi connectivity index (χ3v) is 8.11. The first kappa shape index (κ1) is 24.4. The zero-order chi connectivity index (χ0) is 23.3. The molecule has 4 nitrogen and oxygen atoms in total. The number of rotatable bonds is 10. The highest BCUT2D eigenvalue weighted by molar-refractivity contribution is 7.07. The molecule has 0 aliphatic carbocycles. The predicted molar refractivity (Wildman–Crippen MR) is 134 cm³/mol. The summed E-state index contributed by atoms with van der Waals surface area (Å²) in [5.41, 5.74) is 2.36. The van der Waals surface area contributed by atoms with Crippen LogP contribution in [-0.4, -0.2) is 48.3 Å². The summed E-state index contributed by atoms with van der Waals surface area (Å²) in [6.45, 7) is 3.08. The molecule has 0 amide bonds. The lowest BCUT2D eigenvalue weighted by Gasteiger charge is -2.41. The first-order valence-corrected chi connectivity index (χ1v) is 13.0. The number of aryl methyl sites for hydroxylation is 1. The van der Waals surface area contributed by atoms with Gasteiger partial charge in [0.05, 0.1) is 17.6 Å². The van der Waals surface area contributed by atoms with E-state index in [1.54, 1.807) is 24.5 Å². The maximum Gasteiger partial charge on any atom is 0.127 e. The number of hydrogen-bond donors (Lipinski definition) is 1. The van der Waals surface area contributed by atoms with Crippen LogP contribution in [0, 0.1) is 5.41 Å². The second-order valence-electron chi connectivity index (χ2n) is 9.14. The molecule has 1 aromatic carbocycles. The van der Waals surface area contributed by atoms with Gasteiger partial charge in [-0.25, -0.2) is 4.39 Å². The molecule has 7 heteroatoms. The Morgan fingerprint density at radius 1 is 1.30 bits per heavy atom. The van der Waals surface area contributed by atoms with Crippen LogP contribution in [0.25, 0.3) is 10.9 Å². The van der Waals surface area contributed by atoms with Crippen LogP contribution >= 0.6 is 22.9 Å². The van der Waals surface area contributed by atoms with E-state index < -0.39 is 6.17 Å². The topological polar surface area (TPSA) is 45.6 Å². The average Bonchev–Trinajstić information content (AvgIpc) is 3.36. The van der Waals surface area contributed by atoms with Crippen molar-refractivity contribution >= 4 is 33.8 Å². The highest BCUT2D eigenvalue weighted by atomic mass is 35.5. The predicted octanol–water partition coefficient (Wildman–Crippen LogP) is 6.46. The Morgan fingerprint density at radius 2 is 2.12 bits per heavy atom. The fourth-order valence-electron chi connectivity index (χ4n) is 4.87. The largest absolute Gasteiger partial charge is 0.497 e. The summed E-state index contributed by atoms with van der Waals surface area (Å²) in [7, 11) is 1.59. The van der Waals surface area contributed by atoms with Crippen molar-refractivity contribution in [1.29, 1.82) is 0 Å². The molecule has 1 aliphatic rings. The fourth-order valence-corrected chi connectivity index (χ4v) is 5.84. The van der Waals surface area contributed by atoms with Crippen molar-refractivity contribution in [3.8, 4) is 5.75 Å². The Kier molecular flexibility index (Phi) is 8.23. The van der Waals surface area contributed by atoms with Crippen LogP contribution in [0.4, 0.5) is 4.39 Å². The Hall–Kier alpha value is -1.73. The van der Waals surface area contributed by atoms with Gasteiger partial charge < -0.3 is 14.7 Å². The van der Waals surface area contributed by atoms with Crippen LogP contribution in [0.3, 0.4) is 0 Å². The molecular formula is C26H32ClFN2O2S. The zero-order valence-corrected chi connectivity index (χ0v) is 20.7. The van der Waals surface area contributed by atoms with Crippen LogP contribution < -0.4 is 4.74 Å². The monoisotopic (exact) mass is 490 g/mol. The standard InChI is InChI=1S/C26H32ClFN2O2S/c1-32-20-4-5-24-21(15-20)25(22(27)16-29-24)23(28)6-8-26(18-31)9-12-30(13-10-26)11-2-3-19-7-14-33-17-19/h4-5,7,14-17,23,31H,2-3,6,8-13,18H2,1H3/t23-/m1/s1. The Morgan fingerprint density at radius 3 is 2.82 bits per heavy atom. The molecule has 178 valence electrons. The SMILES string of the molecule is COc1ccc2ncc(Cl)c([C@H](F)CCC3(CO)CCN(CCCc4ccsc4)CC3)c2c1. The number of aromatic nitrogens is 1. The maximum atomic E-state index is 15.6. The van der Waals surface area contributed by atoms with E-state index in [1.807, 2.05) is 12.1 Å². The van der Waals surface area contributed by atoms with Gasteiger partial charge in [0.15, 0.2) is 0 Å². The van der Waals surface area contributed by atoms with Gasteiger partial charge in [0.1, 0.15) is 11.9 Å². The third kappa shape index (κ3) is 5.86. The van der Waals surface area contributed by atoms with E-state index in [1.165, 1.54) is 11.8 Å². The minimum atomic E-state index is -1.22. The van der Waals surface area contributed by atoms with E-state index in [-0.39, 0.29) is 12.0 Å². The molecule has 0 bridgehead atoms. The van der Waals surface area contributed by atoms with Crippen molar-refractivity contribution in [2.24, 2.45) is 5.41 Å². The number of hydrogen-bond acceptors (Lipinski definition) is 5. The van der Waals surface area contributed by atoms with E-state index in [2.05, 4.69) is 26.7 Å². The number of benzene rings is 1. The third-order valence-electron chi connectivity index (χ3n) is 7.08. The van der Waals surface area contributed by atoms with Crippen LogP contribution in [0.1, 0.15) is 49.4 Å². The van der Waals surface area contributed by atoms with E-state index in [0.29, 0.717) is 40.1 Å². The van der Waals surface area contributed by atoms with Gasteiger partial charge in [0.2, 0.25) is 0 Å². The first-order valence-electron chi connectivity index (χ1n) is 11.6. The zero-order valence-electron chi connectivity index (χ0n) is 19.1.